The van der Waals surface area contributed by atoms with Crippen molar-refractivity contribution in [3.05, 3.63) is 83.4 Å². The average molecular weight is 402 g/mol. The Morgan fingerprint density at radius 2 is 1.80 bits per heavy atom. The highest BCUT2D eigenvalue weighted by Crippen LogP contribution is 2.36. The lowest BCUT2D eigenvalue weighted by Crippen LogP contribution is -2.29. The summed E-state index contributed by atoms with van der Waals surface area (Å²) in [6.07, 6.45) is 4.80. The van der Waals surface area contributed by atoms with Crippen molar-refractivity contribution in [3.8, 4) is 0 Å². The summed E-state index contributed by atoms with van der Waals surface area (Å²) in [6, 6.07) is 24.9. The Bertz CT molecular complexity index is 990. The van der Waals surface area contributed by atoms with Crippen LogP contribution >= 0.6 is 0 Å². The van der Waals surface area contributed by atoms with Crippen LogP contribution in [0.1, 0.15) is 61.3 Å². The maximum atomic E-state index is 11.3. The maximum absolute atomic E-state index is 11.3. The zero-order valence-corrected chi connectivity index (χ0v) is 17.9. The van der Waals surface area contributed by atoms with Crippen molar-refractivity contribution in [1.82, 2.24) is 5.32 Å². The molecule has 1 fully saturated rings. The lowest BCUT2D eigenvalue weighted by molar-refractivity contribution is -0.140. The molecule has 3 nitrogen and oxygen atoms in total. The van der Waals surface area contributed by atoms with Crippen molar-refractivity contribution in [2.75, 3.05) is 7.11 Å². The first-order valence-electron chi connectivity index (χ1n) is 11.0. The van der Waals surface area contributed by atoms with Gasteiger partial charge >= 0.3 is 5.97 Å². The Hall–Kier alpha value is -2.65. The normalized spacial score (nSPS) is 19.7. The largest absolute Gasteiger partial charge is 0.469 e. The second-order valence-corrected chi connectivity index (χ2v) is 8.48. The molecule has 156 valence electrons. The molecule has 0 saturated heterocycles. The van der Waals surface area contributed by atoms with Crippen molar-refractivity contribution >= 4 is 16.7 Å². The number of carbonyl (C=O) groups excluding carboxylic acids is 1. The first kappa shape index (κ1) is 20.6. The number of methoxy groups -OCH3 is 1. The minimum absolute atomic E-state index is 0.149. The first-order chi connectivity index (χ1) is 14.6. The van der Waals surface area contributed by atoms with Gasteiger partial charge in [0.2, 0.25) is 0 Å². The van der Waals surface area contributed by atoms with Crippen molar-refractivity contribution in [3.63, 3.8) is 0 Å². The van der Waals surface area contributed by atoms with E-state index < -0.39 is 0 Å². The van der Waals surface area contributed by atoms with E-state index in [2.05, 4.69) is 79.0 Å². The molecule has 3 heteroatoms. The van der Waals surface area contributed by atoms with Gasteiger partial charge in [-0.05, 0) is 66.0 Å². The number of esters is 1. The summed E-state index contributed by atoms with van der Waals surface area (Å²) in [5, 5.41) is 6.54. The van der Waals surface area contributed by atoms with Crippen molar-refractivity contribution < 1.29 is 9.53 Å². The van der Waals surface area contributed by atoms with Crippen molar-refractivity contribution in [1.29, 1.82) is 0 Å². The number of hydrogen-bond acceptors (Lipinski definition) is 3. The smallest absolute Gasteiger partial charge is 0.305 e. The minimum atomic E-state index is -0.149. The molecule has 3 atom stereocenters. The number of ether oxygens (including phenoxy) is 1. The molecule has 1 unspecified atom stereocenters. The van der Waals surface area contributed by atoms with E-state index in [-0.39, 0.29) is 5.97 Å². The Kier molecular flexibility index (Phi) is 6.49. The lowest BCUT2D eigenvalue weighted by Gasteiger charge is -2.21. The van der Waals surface area contributed by atoms with E-state index in [1.165, 1.54) is 53.8 Å². The lowest BCUT2D eigenvalue weighted by atomic mass is 9.95. The van der Waals surface area contributed by atoms with E-state index in [4.69, 9.17) is 4.74 Å². The fourth-order valence-electron chi connectivity index (χ4n) is 4.81. The zero-order valence-electron chi connectivity index (χ0n) is 17.9. The molecule has 0 spiro atoms. The van der Waals surface area contributed by atoms with Gasteiger partial charge in [-0.1, -0.05) is 66.7 Å². The van der Waals surface area contributed by atoms with Crippen LogP contribution in [0, 0.1) is 0 Å². The van der Waals surface area contributed by atoms with Gasteiger partial charge in [0.1, 0.15) is 0 Å². The summed E-state index contributed by atoms with van der Waals surface area (Å²) in [5.74, 6) is 0.459. The highest BCUT2D eigenvalue weighted by Gasteiger charge is 2.27. The predicted octanol–water partition coefficient (Wildman–Crippen LogP) is 5.93. The molecular weight excluding hydrogens is 370 g/mol. The van der Waals surface area contributed by atoms with Gasteiger partial charge in [0.15, 0.2) is 0 Å². The van der Waals surface area contributed by atoms with Crippen LogP contribution in [-0.4, -0.2) is 19.1 Å². The maximum Gasteiger partial charge on any atom is 0.305 e. The summed E-state index contributed by atoms with van der Waals surface area (Å²) >= 11 is 0. The predicted molar refractivity (Wildman–Crippen MR) is 123 cm³/mol. The highest BCUT2D eigenvalue weighted by molar-refractivity contribution is 5.86. The molecule has 3 aromatic carbocycles. The number of hydrogen-bond donors (Lipinski definition) is 1. The topological polar surface area (TPSA) is 38.3 Å². The molecule has 0 aliphatic heterocycles. The Labute approximate surface area is 179 Å². The van der Waals surface area contributed by atoms with Gasteiger partial charge in [-0.3, -0.25) is 4.79 Å². The van der Waals surface area contributed by atoms with Gasteiger partial charge in [-0.2, -0.15) is 0 Å². The molecule has 0 aromatic heterocycles. The third-order valence-corrected chi connectivity index (χ3v) is 6.50. The molecule has 1 N–H and O–H groups in total. The second kappa shape index (κ2) is 9.44. The summed E-state index contributed by atoms with van der Waals surface area (Å²) in [4.78, 5) is 11.3. The molecule has 0 amide bonds. The van der Waals surface area contributed by atoms with Crippen LogP contribution in [0.5, 0.6) is 0 Å². The van der Waals surface area contributed by atoms with E-state index >= 15 is 0 Å². The zero-order chi connectivity index (χ0) is 20.9. The molecule has 0 bridgehead atoms. The molecular formula is C27H31NO2. The number of benzene rings is 3. The van der Waals surface area contributed by atoms with E-state index in [0.29, 0.717) is 24.4 Å². The Morgan fingerprint density at radius 3 is 2.60 bits per heavy atom. The third-order valence-electron chi connectivity index (χ3n) is 6.50. The van der Waals surface area contributed by atoms with Gasteiger partial charge < -0.3 is 10.1 Å². The number of aryl methyl sites for hydroxylation is 1. The number of fused-ring (bicyclic) bond motifs is 1. The van der Waals surface area contributed by atoms with Crippen LogP contribution in [0.4, 0.5) is 0 Å². The van der Waals surface area contributed by atoms with Gasteiger partial charge in [0.05, 0.1) is 7.11 Å². The SMILES string of the molecule is COC(=O)CCc1ccc(C2CC[C@@H](N[C@H](C)c3cccc4ccccc34)C2)cc1. The van der Waals surface area contributed by atoms with Gasteiger partial charge in [0, 0.05) is 18.5 Å². The monoisotopic (exact) mass is 401 g/mol. The average Bonchev–Trinajstić information content (AvgIpc) is 3.25. The van der Waals surface area contributed by atoms with Crippen LogP contribution in [0.2, 0.25) is 0 Å². The molecule has 4 rings (SSSR count). The Balaban J connectivity index is 1.35. The summed E-state index contributed by atoms with van der Waals surface area (Å²) < 4.78 is 4.73. The van der Waals surface area contributed by atoms with Crippen molar-refractivity contribution in [2.24, 2.45) is 0 Å². The van der Waals surface area contributed by atoms with E-state index in [1.807, 2.05) is 0 Å². The third kappa shape index (κ3) is 4.73. The summed E-state index contributed by atoms with van der Waals surface area (Å²) in [5.41, 5.74) is 3.99. The molecule has 30 heavy (non-hydrogen) atoms. The van der Waals surface area contributed by atoms with E-state index in [1.54, 1.807) is 0 Å². The summed E-state index contributed by atoms with van der Waals surface area (Å²) in [7, 11) is 1.44. The van der Waals surface area contributed by atoms with Crippen molar-refractivity contribution in [2.45, 2.75) is 57.0 Å². The van der Waals surface area contributed by atoms with Crippen LogP contribution in [0.15, 0.2) is 66.7 Å². The molecule has 1 aliphatic carbocycles. The van der Waals surface area contributed by atoms with Crippen LogP contribution in [0.3, 0.4) is 0 Å². The Morgan fingerprint density at radius 1 is 1.03 bits per heavy atom. The van der Waals surface area contributed by atoms with Gasteiger partial charge in [0.25, 0.3) is 0 Å². The number of rotatable bonds is 7. The van der Waals surface area contributed by atoms with Crippen LogP contribution in [0.25, 0.3) is 10.8 Å². The molecule has 0 heterocycles. The molecule has 1 saturated carbocycles. The molecule has 3 aromatic rings. The second-order valence-electron chi connectivity index (χ2n) is 8.48. The minimum Gasteiger partial charge on any atom is -0.469 e. The van der Waals surface area contributed by atoms with Crippen LogP contribution in [-0.2, 0) is 16.0 Å². The highest BCUT2D eigenvalue weighted by atomic mass is 16.5. The van der Waals surface area contributed by atoms with Gasteiger partial charge in [-0.25, -0.2) is 0 Å². The first-order valence-corrected chi connectivity index (χ1v) is 11.0. The molecule has 0 radical (unpaired) electrons. The fourth-order valence-corrected chi connectivity index (χ4v) is 4.81. The summed E-state index contributed by atoms with van der Waals surface area (Å²) in [6.45, 7) is 2.28. The fraction of sp³-hybridized carbons (Fsp3) is 0.370. The quantitative estimate of drug-likeness (QED) is 0.499. The van der Waals surface area contributed by atoms with Crippen LogP contribution < -0.4 is 5.32 Å². The van der Waals surface area contributed by atoms with Gasteiger partial charge in [-0.15, -0.1) is 0 Å². The van der Waals surface area contributed by atoms with E-state index in [9.17, 15) is 4.79 Å². The molecule has 1 aliphatic rings. The standard InChI is InChI=1S/C27H31NO2/c1-19(25-9-5-7-22-6-3-4-8-26(22)25)28-24-16-15-23(18-24)21-13-10-20(11-14-21)12-17-27(29)30-2/h3-11,13-14,19,23-24,28H,12,15-18H2,1-2H3/t19-,23?,24-/m1/s1. The number of nitrogens with one attached hydrogen (secondary N) is 1. The number of carbonyl (C=O) groups is 1. The van der Waals surface area contributed by atoms with E-state index in [0.717, 1.165) is 6.42 Å².